The molecule has 0 aliphatic rings. The molecule has 0 saturated heterocycles. The molecule has 0 bridgehead atoms. The Morgan fingerprint density at radius 2 is 2.22 bits per heavy atom. The van der Waals surface area contributed by atoms with Gasteiger partial charge in [-0.1, -0.05) is 0 Å². The van der Waals surface area contributed by atoms with Crippen LogP contribution in [0.15, 0.2) is 39.4 Å². The molecule has 0 unspecified atom stereocenters. The minimum absolute atomic E-state index is 0.147. The Hall–Kier alpha value is -2.02. The Bertz CT molecular complexity index is 582. The van der Waals surface area contributed by atoms with Gasteiger partial charge in [-0.3, -0.25) is 10.1 Å². The summed E-state index contributed by atoms with van der Waals surface area (Å²) >= 11 is 3.29. The van der Waals surface area contributed by atoms with Gasteiger partial charge >= 0.3 is 0 Å². The summed E-state index contributed by atoms with van der Waals surface area (Å²) in [6.07, 6.45) is 1.52. The average Bonchev–Trinajstić information content (AvgIpc) is 2.73. The van der Waals surface area contributed by atoms with Crippen LogP contribution in [0, 0.1) is 10.1 Å². The van der Waals surface area contributed by atoms with Crippen LogP contribution in [0.25, 0.3) is 0 Å². The fourth-order valence-corrected chi connectivity index (χ4v) is 1.79. The van der Waals surface area contributed by atoms with E-state index in [1.807, 2.05) is 0 Å². The first kappa shape index (κ1) is 12.4. The summed E-state index contributed by atoms with van der Waals surface area (Å²) in [5.74, 6) is 0.490. The minimum Gasteiger partial charge on any atom is -0.508 e. The topological polar surface area (TPSA) is 88.5 Å². The highest BCUT2D eigenvalue weighted by Crippen LogP contribution is 2.29. The Kier molecular flexibility index (Phi) is 3.52. The molecule has 0 aliphatic carbocycles. The summed E-state index contributed by atoms with van der Waals surface area (Å²) in [5.41, 5.74) is 0.138. The van der Waals surface area contributed by atoms with Crippen LogP contribution in [0.3, 0.4) is 0 Å². The smallest absolute Gasteiger partial charge is 0.296 e. The number of nitro groups is 1. The molecule has 18 heavy (non-hydrogen) atoms. The monoisotopic (exact) mass is 312 g/mol. The molecule has 0 atom stereocenters. The maximum atomic E-state index is 10.8. The molecular weight excluding hydrogens is 304 g/mol. The van der Waals surface area contributed by atoms with Crippen LogP contribution in [0.2, 0.25) is 0 Å². The second-order valence-electron chi connectivity index (χ2n) is 3.50. The first-order chi connectivity index (χ1) is 8.58. The van der Waals surface area contributed by atoms with Gasteiger partial charge in [0, 0.05) is 0 Å². The van der Waals surface area contributed by atoms with Crippen molar-refractivity contribution in [2.45, 2.75) is 6.54 Å². The van der Waals surface area contributed by atoms with Crippen LogP contribution >= 0.6 is 15.9 Å². The van der Waals surface area contributed by atoms with Crippen LogP contribution in [0.5, 0.6) is 5.75 Å². The van der Waals surface area contributed by atoms with E-state index in [2.05, 4.69) is 21.2 Å². The van der Waals surface area contributed by atoms with Gasteiger partial charge in [-0.25, -0.2) is 0 Å². The fraction of sp³-hybridized carbons (Fsp3) is 0.0909. The van der Waals surface area contributed by atoms with Crippen molar-refractivity contribution in [1.29, 1.82) is 0 Å². The molecule has 0 spiro atoms. The molecule has 94 valence electrons. The quantitative estimate of drug-likeness (QED) is 0.514. The van der Waals surface area contributed by atoms with Crippen LogP contribution in [-0.4, -0.2) is 10.0 Å². The maximum absolute atomic E-state index is 10.8. The number of phenols is 1. The summed E-state index contributed by atoms with van der Waals surface area (Å²) in [5, 5.41) is 22.9. The number of rotatable bonds is 4. The van der Waals surface area contributed by atoms with Crippen LogP contribution < -0.4 is 5.32 Å². The van der Waals surface area contributed by atoms with Gasteiger partial charge in [-0.2, -0.15) is 0 Å². The maximum Gasteiger partial charge on any atom is 0.296 e. The molecule has 1 aromatic heterocycles. The SMILES string of the molecule is O=[N+]([O-])c1cc(O)ccc1NCc1occc1Br. The Labute approximate surface area is 111 Å². The zero-order chi connectivity index (χ0) is 13.1. The van der Waals surface area contributed by atoms with Crippen molar-refractivity contribution >= 4 is 27.3 Å². The number of halogens is 1. The first-order valence-corrected chi connectivity index (χ1v) is 5.80. The van der Waals surface area contributed by atoms with E-state index < -0.39 is 4.92 Å². The van der Waals surface area contributed by atoms with Crippen molar-refractivity contribution in [2.24, 2.45) is 0 Å². The summed E-state index contributed by atoms with van der Waals surface area (Å²) in [4.78, 5) is 10.3. The van der Waals surface area contributed by atoms with Gasteiger partial charge in [0.2, 0.25) is 0 Å². The van der Waals surface area contributed by atoms with Crippen LogP contribution in [0.1, 0.15) is 5.76 Å². The molecule has 0 radical (unpaired) electrons. The van der Waals surface area contributed by atoms with Crippen LogP contribution in [-0.2, 0) is 6.54 Å². The number of hydrogen-bond acceptors (Lipinski definition) is 5. The summed E-state index contributed by atoms with van der Waals surface area (Å²) < 4.78 is 5.97. The van der Waals surface area contributed by atoms with Crippen molar-refractivity contribution in [3.8, 4) is 5.75 Å². The normalized spacial score (nSPS) is 10.3. The van der Waals surface area contributed by atoms with Gasteiger partial charge in [-0.05, 0) is 34.1 Å². The molecule has 0 aliphatic heterocycles. The fourth-order valence-electron chi connectivity index (χ4n) is 1.45. The molecule has 0 amide bonds. The number of benzene rings is 1. The van der Waals surface area contributed by atoms with Gasteiger partial charge in [0.25, 0.3) is 5.69 Å². The highest BCUT2D eigenvalue weighted by Gasteiger charge is 2.15. The van der Waals surface area contributed by atoms with Gasteiger partial charge in [0.05, 0.1) is 28.3 Å². The zero-order valence-corrected chi connectivity index (χ0v) is 10.7. The van der Waals surface area contributed by atoms with Gasteiger partial charge in [-0.15, -0.1) is 0 Å². The van der Waals surface area contributed by atoms with Gasteiger partial charge in [0.1, 0.15) is 17.2 Å². The van der Waals surface area contributed by atoms with E-state index in [-0.39, 0.29) is 11.4 Å². The first-order valence-electron chi connectivity index (χ1n) is 5.01. The number of phenolic OH excluding ortho intramolecular Hbond substituents is 1. The van der Waals surface area contributed by atoms with Gasteiger partial charge < -0.3 is 14.8 Å². The second kappa shape index (κ2) is 5.09. The lowest BCUT2D eigenvalue weighted by Gasteiger charge is -2.06. The van der Waals surface area contributed by atoms with Crippen molar-refractivity contribution < 1.29 is 14.4 Å². The molecule has 6 nitrogen and oxygen atoms in total. The summed E-state index contributed by atoms with van der Waals surface area (Å²) in [6, 6.07) is 5.67. The van der Waals surface area contributed by atoms with Crippen molar-refractivity contribution in [3.63, 3.8) is 0 Å². The van der Waals surface area contributed by atoms with E-state index in [0.29, 0.717) is 18.0 Å². The third-order valence-corrected chi connectivity index (χ3v) is 3.02. The number of aromatic hydroxyl groups is 1. The van der Waals surface area contributed by atoms with Crippen molar-refractivity contribution in [2.75, 3.05) is 5.32 Å². The molecule has 1 aromatic carbocycles. The highest BCUT2D eigenvalue weighted by molar-refractivity contribution is 9.10. The predicted octanol–water partition coefficient (Wildman–Crippen LogP) is 3.27. The third kappa shape index (κ3) is 2.62. The van der Waals surface area contributed by atoms with E-state index in [0.717, 1.165) is 10.5 Å². The highest BCUT2D eigenvalue weighted by atomic mass is 79.9. The van der Waals surface area contributed by atoms with E-state index in [4.69, 9.17) is 4.42 Å². The van der Waals surface area contributed by atoms with E-state index >= 15 is 0 Å². The molecule has 2 aromatic rings. The van der Waals surface area contributed by atoms with Crippen LogP contribution in [0.4, 0.5) is 11.4 Å². The lowest BCUT2D eigenvalue weighted by molar-refractivity contribution is -0.384. The lowest BCUT2D eigenvalue weighted by atomic mass is 10.2. The van der Waals surface area contributed by atoms with E-state index in [1.54, 1.807) is 6.07 Å². The molecule has 0 saturated carbocycles. The number of nitrogens with zero attached hydrogens (tertiary/aromatic N) is 1. The molecule has 1 heterocycles. The number of furan rings is 1. The molecule has 0 fully saturated rings. The minimum atomic E-state index is -0.556. The largest absolute Gasteiger partial charge is 0.508 e. The second-order valence-corrected chi connectivity index (χ2v) is 4.36. The average molecular weight is 313 g/mol. The predicted molar refractivity (Wildman–Crippen MR) is 68.5 cm³/mol. The zero-order valence-electron chi connectivity index (χ0n) is 9.09. The Balaban J connectivity index is 2.19. The van der Waals surface area contributed by atoms with Crippen molar-refractivity contribution in [3.05, 3.63) is 50.9 Å². The summed E-state index contributed by atoms with van der Waals surface area (Å²) in [6.45, 7) is 0.305. The number of nitro benzene ring substituents is 1. The Morgan fingerprint density at radius 3 is 2.83 bits per heavy atom. The standard InChI is InChI=1S/C11H9BrN2O4/c12-8-3-4-18-11(8)6-13-9-2-1-7(15)5-10(9)14(16)17/h1-5,13,15H,6H2. The molecule has 2 rings (SSSR count). The third-order valence-electron chi connectivity index (χ3n) is 2.31. The van der Waals surface area contributed by atoms with E-state index in [9.17, 15) is 15.2 Å². The number of nitrogens with one attached hydrogen (secondary N) is 1. The van der Waals surface area contributed by atoms with Crippen molar-refractivity contribution in [1.82, 2.24) is 0 Å². The number of hydrogen-bond donors (Lipinski definition) is 2. The van der Waals surface area contributed by atoms with E-state index in [1.165, 1.54) is 18.4 Å². The molecule has 7 heteroatoms. The lowest BCUT2D eigenvalue weighted by Crippen LogP contribution is -2.02. The van der Waals surface area contributed by atoms with Gasteiger partial charge in [0.15, 0.2) is 0 Å². The Morgan fingerprint density at radius 1 is 1.44 bits per heavy atom. The molecule has 2 N–H and O–H groups in total. The summed E-state index contributed by atoms with van der Waals surface area (Å²) in [7, 11) is 0. The molecular formula is C11H9BrN2O4. The number of anilines is 1.